The summed E-state index contributed by atoms with van der Waals surface area (Å²) in [4.78, 5) is 16.9. The second kappa shape index (κ2) is 6.35. The summed E-state index contributed by atoms with van der Waals surface area (Å²) in [5, 5.41) is 9.33. The first kappa shape index (κ1) is 15.4. The summed E-state index contributed by atoms with van der Waals surface area (Å²) >= 11 is 0. The van der Waals surface area contributed by atoms with E-state index >= 15 is 0 Å². The summed E-state index contributed by atoms with van der Waals surface area (Å²) in [5.41, 5.74) is 2.49. The van der Waals surface area contributed by atoms with Crippen LogP contribution in [-0.2, 0) is 6.54 Å². The van der Waals surface area contributed by atoms with E-state index in [1.807, 2.05) is 6.07 Å². The Morgan fingerprint density at radius 3 is 2.70 bits per heavy atom. The van der Waals surface area contributed by atoms with Crippen molar-refractivity contribution in [3.05, 3.63) is 57.3 Å². The molecule has 2 aromatic rings. The maximum atomic E-state index is 13.7. The molecule has 1 N–H and O–H groups in total. The number of aryl methyl sites for hydroxylation is 1. The molecule has 1 aromatic carbocycles. The van der Waals surface area contributed by atoms with E-state index in [4.69, 9.17) is 0 Å². The summed E-state index contributed by atoms with van der Waals surface area (Å²) in [7, 11) is 0. The Labute approximate surface area is 134 Å². The highest BCUT2D eigenvalue weighted by atomic mass is 19.1. The van der Waals surface area contributed by atoms with Crippen molar-refractivity contribution in [2.75, 3.05) is 13.1 Å². The number of halogens is 1. The third-order valence-electron chi connectivity index (χ3n) is 4.23. The molecule has 1 saturated heterocycles. The third-order valence-corrected chi connectivity index (χ3v) is 4.23. The number of hydrogen-bond acceptors (Lipinski definition) is 3. The lowest BCUT2D eigenvalue weighted by Gasteiger charge is -2.18. The Kier molecular flexibility index (Phi) is 4.26. The number of nitriles is 1. The fourth-order valence-electron chi connectivity index (χ4n) is 3.15. The second-order valence-corrected chi connectivity index (χ2v) is 5.97. The monoisotopic (exact) mass is 311 g/mol. The van der Waals surface area contributed by atoms with Crippen LogP contribution in [-0.4, -0.2) is 23.0 Å². The van der Waals surface area contributed by atoms with Gasteiger partial charge in [-0.2, -0.15) is 5.26 Å². The lowest BCUT2D eigenvalue weighted by atomic mass is 9.96. The van der Waals surface area contributed by atoms with Crippen LogP contribution in [0.3, 0.4) is 0 Å². The highest BCUT2D eigenvalue weighted by Gasteiger charge is 2.18. The van der Waals surface area contributed by atoms with Gasteiger partial charge in [-0.3, -0.25) is 9.69 Å². The normalized spacial score (nSPS) is 14.8. The van der Waals surface area contributed by atoms with Gasteiger partial charge in [0, 0.05) is 17.8 Å². The summed E-state index contributed by atoms with van der Waals surface area (Å²) in [6.45, 7) is 4.39. The molecule has 0 bridgehead atoms. The van der Waals surface area contributed by atoms with Gasteiger partial charge in [-0.05, 0) is 62.2 Å². The topological polar surface area (TPSA) is 59.9 Å². The van der Waals surface area contributed by atoms with Crippen LogP contribution >= 0.6 is 0 Å². The number of hydrogen-bond donors (Lipinski definition) is 1. The first-order chi connectivity index (χ1) is 11.1. The van der Waals surface area contributed by atoms with Gasteiger partial charge in [0.25, 0.3) is 5.56 Å². The lowest BCUT2D eigenvalue weighted by molar-refractivity contribution is 0.331. The van der Waals surface area contributed by atoms with Crippen molar-refractivity contribution in [2.45, 2.75) is 26.3 Å². The SMILES string of the molecule is Cc1cc(-c2ccc(F)cc2CN2CCCC2)c(C#N)c(=O)[nH]1. The predicted octanol–water partition coefficient (Wildman–Crippen LogP) is 2.96. The molecule has 3 rings (SSSR count). The molecule has 0 amide bonds. The molecule has 118 valence electrons. The van der Waals surface area contributed by atoms with Gasteiger partial charge in [-0.1, -0.05) is 6.07 Å². The van der Waals surface area contributed by atoms with Gasteiger partial charge in [0.05, 0.1) is 0 Å². The Bertz CT molecular complexity index is 829. The highest BCUT2D eigenvalue weighted by molar-refractivity contribution is 5.73. The van der Waals surface area contributed by atoms with E-state index in [-0.39, 0.29) is 11.4 Å². The zero-order chi connectivity index (χ0) is 16.4. The number of aromatic amines is 1. The van der Waals surface area contributed by atoms with Gasteiger partial charge >= 0.3 is 0 Å². The summed E-state index contributed by atoms with van der Waals surface area (Å²) < 4.78 is 13.7. The van der Waals surface area contributed by atoms with E-state index < -0.39 is 5.56 Å². The molecule has 1 aromatic heterocycles. The molecule has 23 heavy (non-hydrogen) atoms. The zero-order valence-electron chi connectivity index (χ0n) is 13.0. The molecule has 0 radical (unpaired) electrons. The van der Waals surface area contributed by atoms with E-state index in [2.05, 4.69) is 9.88 Å². The number of rotatable bonds is 3. The molecule has 0 saturated carbocycles. The van der Waals surface area contributed by atoms with Crippen LogP contribution in [0.5, 0.6) is 0 Å². The van der Waals surface area contributed by atoms with Gasteiger partial charge in [0.15, 0.2) is 0 Å². The summed E-state index contributed by atoms with van der Waals surface area (Å²) in [5.74, 6) is -0.303. The third kappa shape index (κ3) is 3.17. The zero-order valence-corrected chi connectivity index (χ0v) is 13.0. The van der Waals surface area contributed by atoms with E-state index in [0.717, 1.165) is 37.1 Å². The number of H-pyrrole nitrogens is 1. The fraction of sp³-hybridized carbons (Fsp3) is 0.333. The highest BCUT2D eigenvalue weighted by Crippen LogP contribution is 2.28. The average Bonchev–Trinajstić information content (AvgIpc) is 3.00. The van der Waals surface area contributed by atoms with Gasteiger partial charge < -0.3 is 4.98 Å². The van der Waals surface area contributed by atoms with Crippen molar-refractivity contribution in [3.63, 3.8) is 0 Å². The van der Waals surface area contributed by atoms with E-state index in [0.29, 0.717) is 17.8 Å². The van der Waals surface area contributed by atoms with Crippen molar-refractivity contribution in [2.24, 2.45) is 0 Å². The average molecular weight is 311 g/mol. The summed E-state index contributed by atoms with van der Waals surface area (Å²) in [6, 6.07) is 8.30. The standard InChI is InChI=1S/C18H18FN3O/c1-12-8-16(17(10-20)18(23)21-12)15-5-4-14(19)9-13(15)11-22-6-2-3-7-22/h4-5,8-9H,2-3,6-7,11H2,1H3,(H,21,23). The number of pyridine rings is 1. The Balaban J connectivity index is 2.13. The van der Waals surface area contributed by atoms with Crippen molar-refractivity contribution in [3.8, 4) is 17.2 Å². The molecule has 1 fully saturated rings. The largest absolute Gasteiger partial charge is 0.325 e. The lowest BCUT2D eigenvalue weighted by Crippen LogP contribution is -2.19. The van der Waals surface area contributed by atoms with Gasteiger partial charge in [-0.15, -0.1) is 0 Å². The molecule has 0 aliphatic carbocycles. The molecule has 0 spiro atoms. The number of nitrogens with zero attached hydrogens (tertiary/aromatic N) is 2. The second-order valence-electron chi connectivity index (χ2n) is 5.97. The van der Waals surface area contributed by atoms with Crippen molar-refractivity contribution < 1.29 is 4.39 Å². The van der Waals surface area contributed by atoms with Crippen LogP contribution in [0.1, 0.15) is 29.7 Å². The van der Waals surface area contributed by atoms with Crippen LogP contribution in [0, 0.1) is 24.1 Å². The van der Waals surface area contributed by atoms with Crippen molar-refractivity contribution >= 4 is 0 Å². The van der Waals surface area contributed by atoms with Gasteiger partial charge in [0.1, 0.15) is 17.4 Å². The maximum Gasteiger partial charge on any atom is 0.266 e. The van der Waals surface area contributed by atoms with Crippen molar-refractivity contribution in [1.82, 2.24) is 9.88 Å². The molecule has 0 atom stereocenters. The number of likely N-dealkylation sites (tertiary alicyclic amines) is 1. The van der Waals surface area contributed by atoms with Crippen LogP contribution in [0.2, 0.25) is 0 Å². The van der Waals surface area contributed by atoms with E-state index in [9.17, 15) is 14.4 Å². The van der Waals surface area contributed by atoms with Crippen LogP contribution < -0.4 is 5.56 Å². The smallest absolute Gasteiger partial charge is 0.266 e. The number of aromatic nitrogens is 1. The number of nitrogens with one attached hydrogen (secondary N) is 1. The minimum Gasteiger partial charge on any atom is -0.325 e. The number of benzene rings is 1. The Morgan fingerprint density at radius 2 is 2.00 bits per heavy atom. The van der Waals surface area contributed by atoms with Gasteiger partial charge in [0.2, 0.25) is 0 Å². The van der Waals surface area contributed by atoms with Crippen LogP contribution in [0.4, 0.5) is 4.39 Å². The molecule has 5 heteroatoms. The van der Waals surface area contributed by atoms with E-state index in [1.54, 1.807) is 19.1 Å². The van der Waals surface area contributed by atoms with E-state index in [1.165, 1.54) is 12.1 Å². The molecule has 4 nitrogen and oxygen atoms in total. The fourth-order valence-corrected chi connectivity index (χ4v) is 3.15. The molecule has 0 unspecified atom stereocenters. The Hall–Kier alpha value is -2.45. The predicted molar refractivity (Wildman–Crippen MR) is 86.4 cm³/mol. The minimum absolute atomic E-state index is 0.0740. The molecular weight excluding hydrogens is 293 g/mol. The molecule has 2 heterocycles. The van der Waals surface area contributed by atoms with Crippen LogP contribution in [0.25, 0.3) is 11.1 Å². The first-order valence-corrected chi connectivity index (χ1v) is 7.73. The van der Waals surface area contributed by atoms with Gasteiger partial charge in [-0.25, -0.2) is 4.39 Å². The summed E-state index contributed by atoms with van der Waals surface area (Å²) in [6.07, 6.45) is 2.30. The maximum absolute atomic E-state index is 13.7. The molecule has 1 aliphatic heterocycles. The quantitative estimate of drug-likeness (QED) is 0.948. The van der Waals surface area contributed by atoms with Crippen LogP contribution in [0.15, 0.2) is 29.1 Å². The molecular formula is C18H18FN3O. The van der Waals surface area contributed by atoms with Crippen molar-refractivity contribution in [1.29, 1.82) is 5.26 Å². The minimum atomic E-state index is -0.404. The Morgan fingerprint density at radius 1 is 1.26 bits per heavy atom. The molecule has 1 aliphatic rings. The first-order valence-electron chi connectivity index (χ1n) is 7.73.